The highest BCUT2D eigenvalue weighted by molar-refractivity contribution is 6.82. The van der Waals surface area contributed by atoms with E-state index in [9.17, 15) is 0 Å². The molecule has 1 unspecified atom stereocenters. The molecule has 144 valence electrons. The highest BCUT2D eigenvalue weighted by Crippen LogP contribution is 2.40. The summed E-state index contributed by atoms with van der Waals surface area (Å²) >= 11 is 0. The van der Waals surface area contributed by atoms with E-state index in [0.29, 0.717) is 5.92 Å². The molecule has 2 rings (SSSR count). The fourth-order valence-corrected chi connectivity index (χ4v) is 9.16. The molecule has 1 saturated carbocycles. The summed E-state index contributed by atoms with van der Waals surface area (Å²) in [6.07, 6.45) is 15.8. The maximum atomic E-state index is 4.25. The SMILES string of the molecule is CC1=C(C)C(C)C([Si](C)(C)NC2CCCCCCCCCCC2)=C1C. The van der Waals surface area contributed by atoms with Gasteiger partial charge in [-0.1, -0.05) is 94.1 Å². The third-order valence-corrected chi connectivity index (χ3v) is 10.3. The van der Waals surface area contributed by atoms with E-state index < -0.39 is 8.24 Å². The van der Waals surface area contributed by atoms with Gasteiger partial charge < -0.3 is 4.98 Å². The summed E-state index contributed by atoms with van der Waals surface area (Å²) in [4.78, 5) is 4.25. The van der Waals surface area contributed by atoms with Crippen LogP contribution in [0.3, 0.4) is 0 Å². The van der Waals surface area contributed by atoms with Crippen molar-refractivity contribution < 1.29 is 0 Å². The molecule has 0 aromatic heterocycles. The molecule has 2 aliphatic carbocycles. The van der Waals surface area contributed by atoms with E-state index >= 15 is 0 Å². The van der Waals surface area contributed by atoms with Crippen molar-refractivity contribution in [2.45, 2.75) is 117 Å². The van der Waals surface area contributed by atoms with Gasteiger partial charge in [-0.25, -0.2) is 0 Å². The number of hydrogen-bond donors (Lipinski definition) is 1. The normalized spacial score (nSPS) is 25.9. The topological polar surface area (TPSA) is 12.0 Å². The summed E-state index contributed by atoms with van der Waals surface area (Å²) in [7, 11) is -1.57. The Morgan fingerprint density at radius 3 is 1.56 bits per heavy atom. The van der Waals surface area contributed by atoms with Gasteiger partial charge in [0.2, 0.25) is 0 Å². The van der Waals surface area contributed by atoms with Crippen LogP contribution < -0.4 is 4.98 Å². The Morgan fingerprint density at radius 1 is 0.720 bits per heavy atom. The minimum atomic E-state index is -1.57. The fraction of sp³-hybridized carbons (Fsp3) is 0.826. The molecule has 0 amide bonds. The van der Waals surface area contributed by atoms with Crippen molar-refractivity contribution in [3.05, 3.63) is 21.9 Å². The summed E-state index contributed by atoms with van der Waals surface area (Å²) in [5.41, 5.74) is 4.76. The van der Waals surface area contributed by atoms with Crippen molar-refractivity contribution in [3.63, 3.8) is 0 Å². The zero-order valence-corrected chi connectivity index (χ0v) is 18.9. The van der Waals surface area contributed by atoms with Crippen molar-refractivity contribution >= 4 is 8.24 Å². The maximum absolute atomic E-state index is 4.25. The number of nitrogens with one attached hydrogen (secondary N) is 1. The average molecular weight is 362 g/mol. The third kappa shape index (κ3) is 5.56. The van der Waals surface area contributed by atoms with Gasteiger partial charge in [0.1, 0.15) is 8.24 Å². The van der Waals surface area contributed by atoms with Crippen LogP contribution in [0, 0.1) is 5.92 Å². The molecule has 0 bridgehead atoms. The lowest BCUT2D eigenvalue weighted by Gasteiger charge is -2.35. The first-order valence-corrected chi connectivity index (χ1v) is 14.0. The minimum absolute atomic E-state index is 0.653. The molecule has 1 N–H and O–H groups in total. The maximum Gasteiger partial charge on any atom is 0.148 e. The number of rotatable bonds is 3. The van der Waals surface area contributed by atoms with E-state index in [1.807, 2.05) is 0 Å². The molecule has 0 radical (unpaired) electrons. The van der Waals surface area contributed by atoms with Gasteiger partial charge in [0.15, 0.2) is 0 Å². The van der Waals surface area contributed by atoms with Crippen LogP contribution in [0.25, 0.3) is 0 Å². The predicted octanol–water partition coefficient (Wildman–Crippen LogP) is 7.30. The van der Waals surface area contributed by atoms with Gasteiger partial charge in [-0.05, 0) is 45.1 Å². The van der Waals surface area contributed by atoms with Crippen LogP contribution in [-0.2, 0) is 0 Å². The van der Waals surface area contributed by atoms with E-state index in [2.05, 4.69) is 45.8 Å². The molecule has 0 saturated heterocycles. The molecular weight excluding hydrogens is 318 g/mol. The van der Waals surface area contributed by atoms with E-state index in [1.165, 1.54) is 70.6 Å². The summed E-state index contributed by atoms with van der Waals surface area (Å²) in [6, 6.07) is 0.745. The first kappa shape index (κ1) is 21.0. The molecule has 0 aromatic carbocycles. The summed E-state index contributed by atoms with van der Waals surface area (Å²) < 4.78 is 0. The van der Waals surface area contributed by atoms with Crippen molar-refractivity contribution in [3.8, 4) is 0 Å². The molecule has 2 aliphatic rings. The van der Waals surface area contributed by atoms with Crippen molar-refractivity contribution in [2.24, 2.45) is 5.92 Å². The van der Waals surface area contributed by atoms with Gasteiger partial charge in [0.25, 0.3) is 0 Å². The Labute approximate surface area is 158 Å². The summed E-state index contributed by atoms with van der Waals surface area (Å²) in [6.45, 7) is 14.6. The predicted molar refractivity (Wildman–Crippen MR) is 115 cm³/mol. The Morgan fingerprint density at radius 2 is 1.16 bits per heavy atom. The number of hydrogen-bond acceptors (Lipinski definition) is 1. The number of allylic oxidation sites excluding steroid dienone is 4. The van der Waals surface area contributed by atoms with Crippen molar-refractivity contribution in [1.29, 1.82) is 0 Å². The van der Waals surface area contributed by atoms with E-state index in [0.717, 1.165) is 6.04 Å². The second-order valence-corrected chi connectivity index (χ2v) is 13.4. The van der Waals surface area contributed by atoms with Gasteiger partial charge in [0.05, 0.1) is 0 Å². The van der Waals surface area contributed by atoms with Gasteiger partial charge in [-0.2, -0.15) is 0 Å². The Balaban J connectivity index is 2.03. The molecule has 25 heavy (non-hydrogen) atoms. The third-order valence-electron chi connectivity index (χ3n) is 6.98. The van der Waals surface area contributed by atoms with Crippen LogP contribution in [0.4, 0.5) is 0 Å². The van der Waals surface area contributed by atoms with Crippen LogP contribution in [0.5, 0.6) is 0 Å². The van der Waals surface area contributed by atoms with Gasteiger partial charge in [-0.3, -0.25) is 0 Å². The quantitative estimate of drug-likeness (QED) is 0.520. The molecule has 0 spiro atoms. The van der Waals surface area contributed by atoms with Crippen LogP contribution >= 0.6 is 0 Å². The zero-order chi connectivity index (χ0) is 18.4. The lowest BCUT2D eigenvalue weighted by Crippen LogP contribution is -2.53. The van der Waals surface area contributed by atoms with E-state index in [-0.39, 0.29) is 0 Å². The second-order valence-electron chi connectivity index (χ2n) is 9.29. The van der Waals surface area contributed by atoms with Gasteiger partial charge >= 0.3 is 0 Å². The Hall–Kier alpha value is -0.343. The smallest absolute Gasteiger partial charge is 0.148 e. The fourth-order valence-electron chi connectivity index (χ4n) is 5.27. The largest absolute Gasteiger partial charge is 0.331 e. The van der Waals surface area contributed by atoms with Crippen molar-refractivity contribution in [2.75, 3.05) is 0 Å². The highest BCUT2D eigenvalue weighted by Gasteiger charge is 2.37. The van der Waals surface area contributed by atoms with Gasteiger partial charge in [-0.15, -0.1) is 0 Å². The molecule has 1 fully saturated rings. The molecule has 1 nitrogen and oxygen atoms in total. The van der Waals surface area contributed by atoms with Crippen LogP contribution in [-0.4, -0.2) is 14.3 Å². The van der Waals surface area contributed by atoms with Gasteiger partial charge in [0, 0.05) is 6.04 Å². The Kier molecular flexibility index (Phi) is 8.01. The molecular formula is C23H43NSi. The van der Waals surface area contributed by atoms with E-state index in [1.54, 1.807) is 21.9 Å². The summed E-state index contributed by atoms with van der Waals surface area (Å²) in [5.74, 6) is 0.653. The molecule has 2 heteroatoms. The monoisotopic (exact) mass is 361 g/mol. The average Bonchev–Trinajstić information content (AvgIpc) is 2.74. The second kappa shape index (κ2) is 9.55. The van der Waals surface area contributed by atoms with Crippen LogP contribution in [0.2, 0.25) is 13.1 Å². The lowest BCUT2D eigenvalue weighted by atomic mass is 9.98. The van der Waals surface area contributed by atoms with Crippen molar-refractivity contribution in [1.82, 2.24) is 4.98 Å². The first-order chi connectivity index (χ1) is 11.8. The zero-order valence-electron chi connectivity index (χ0n) is 17.9. The minimum Gasteiger partial charge on any atom is -0.331 e. The van der Waals surface area contributed by atoms with Crippen LogP contribution in [0.1, 0.15) is 98.3 Å². The van der Waals surface area contributed by atoms with E-state index in [4.69, 9.17) is 0 Å². The summed E-state index contributed by atoms with van der Waals surface area (Å²) in [5, 5.41) is 1.77. The molecule has 0 heterocycles. The first-order valence-electron chi connectivity index (χ1n) is 11.0. The highest BCUT2D eigenvalue weighted by atomic mass is 28.3. The lowest BCUT2D eigenvalue weighted by molar-refractivity contribution is 0.443. The molecule has 1 atom stereocenters. The van der Waals surface area contributed by atoms with Crippen LogP contribution in [0.15, 0.2) is 21.9 Å². The standard InChI is InChI=1S/C23H43NSi/c1-18-19(2)21(4)23(20(18)3)25(5,6)24-22-16-14-12-10-8-7-9-11-13-15-17-22/h20,22,24H,7-17H2,1-6H3. The molecule has 0 aliphatic heterocycles. The molecule has 0 aromatic rings. The Bertz CT molecular complexity index is 488.